The van der Waals surface area contributed by atoms with E-state index in [1.54, 1.807) is 12.1 Å². The van der Waals surface area contributed by atoms with Crippen molar-refractivity contribution in [2.24, 2.45) is 0 Å². The van der Waals surface area contributed by atoms with E-state index in [1.165, 1.54) is 0 Å². The van der Waals surface area contributed by atoms with E-state index in [0.717, 1.165) is 42.1 Å². The Morgan fingerprint density at radius 3 is 2.89 bits per heavy atom. The molecule has 3 rings (SSSR count). The maximum absolute atomic E-state index is 10.8. The van der Waals surface area contributed by atoms with Crippen molar-refractivity contribution in [1.82, 2.24) is 0 Å². The first-order valence-corrected chi connectivity index (χ1v) is 6.12. The molecule has 0 amide bonds. The van der Waals surface area contributed by atoms with Gasteiger partial charge in [-0.1, -0.05) is 18.2 Å². The first-order valence-electron chi connectivity index (χ1n) is 6.12. The van der Waals surface area contributed by atoms with E-state index >= 15 is 0 Å². The van der Waals surface area contributed by atoms with E-state index in [0.29, 0.717) is 5.56 Å². The van der Waals surface area contributed by atoms with Crippen LogP contribution < -0.4 is 0 Å². The third-order valence-corrected chi connectivity index (χ3v) is 3.45. The molecule has 1 saturated heterocycles. The highest BCUT2D eigenvalue weighted by molar-refractivity contribution is 5.92. The van der Waals surface area contributed by atoms with Crippen LogP contribution in [0.25, 0.3) is 10.8 Å². The summed E-state index contributed by atoms with van der Waals surface area (Å²) in [4.78, 5) is 10.8. The van der Waals surface area contributed by atoms with Gasteiger partial charge in [0.05, 0.1) is 6.10 Å². The molecule has 0 aliphatic carbocycles. The summed E-state index contributed by atoms with van der Waals surface area (Å²) in [5.74, 6) is 0.272. The van der Waals surface area contributed by atoms with Crippen molar-refractivity contribution >= 4 is 17.1 Å². The van der Waals surface area contributed by atoms with Gasteiger partial charge in [-0.25, -0.2) is 0 Å². The van der Waals surface area contributed by atoms with Crippen molar-refractivity contribution in [3.05, 3.63) is 41.5 Å². The Bertz CT molecular complexity index is 598. The van der Waals surface area contributed by atoms with Gasteiger partial charge >= 0.3 is 0 Å². The van der Waals surface area contributed by atoms with Crippen LogP contribution >= 0.6 is 0 Å². The van der Waals surface area contributed by atoms with Crippen LogP contribution in [0.15, 0.2) is 30.3 Å². The highest BCUT2D eigenvalue weighted by atomic mass is 16.5. The summed E-state index contributed by atoms with van der Waals surface area (Å²) in [6.45, 7) is 0.743. The van der Waals surface area contributed by atoms with E-state index in [-0.39, 0.29) is 11.9 Å². The fourth-order valence-electron chi connectivity index (χ4n) is 2.58. The Morgan fingerprint density at radius 2 is 2.17 bits per heavy atom. The van der Waals surface area contributed by atoms with Crippen molar-refractivity contribution < 1.29 is 14.6 Å². The molecule has 0 radical (unpaired) electrons. The number of aldehydes is 1. The Hall–Kier alpha value is -1.87. The molecular formula is C15H14O3. The molecule has 1 aliphatic heterocycles. The zero-order chi connectivity index (χ0) is 12.5. The second kappa shape index (κ2) is 4.42. The van der Waals surface area contributed by atoms with Gasteiger partial charge < -0.3 is 9.84 Å². The minimum Gasteiger partial charge on any atom is -0.508 e. The molecule has 3 nitrogen and oxygen atoms in total. The molecule has 1 unspecified atom stereocenters. The number of benzene rings is 2. The smallest absolute Gasteiger partial charge is 0.150 e. The van der Waals surface area contributed by atoms with Gasteiger partial charge in [0.1, 0.15) is 12.0 Å². The number of carbonyl (C=O) groups is 1. The lowest BCUT2D eigenvalue weighted by Crippen LogP contribution is -1.98. The summed E-state index contributed by atoms with van der Waals surface area (Å²) in [6.07, 6.45) is 2.75. The quantitative estimate of drug-likeness (QED) is 0.822. The Balaban J connectivity index is 2.21. The fraction of sp³-hybridized carbons (Fsp3) is 0.267. The van der Waals surface area contributed by atoms with Gasteiger partial charge in [0.2, 0.25) is 0 Å². The predicted molar refractivity (Wildman–Crippen MR) is 68.9 cm³/mol. The van der Waals surface area contributed by atoms with Gasteiger partial charge in [-0.3, -0.25) is 4.79 Å². The van der Waals surface area contributed by atoms with Crippen molar-refractivity contribution in [2.75, 3.05) is 6.61 Å². The summed E-state index contributed by atoms with van der Waals surface area (Å²) >= 11 is 0. The Kier molecular flexibility index (Phi) is 2.76. The lowest BCUT2D eigenvalue weighted by Gasteiger charge is -2.15. The number of rotatable bonds is 2. The molecule has 1 atom stereocenters. The third-order valence-electron chi connectivity index (χ3n) is 3.45. The molecule has 1 heterocycles. The molecule has 0 bridgehead atoms. The number of ether oxygens (including phenoxy) is 1. The van der Waals surface area contributed by atoms with Crippen molar-refractivity contribution in [3.8, 4) is 5.75 Å². The molecular weight excluding hydrogens is 228 g/mol. The number of hydrogen-bond acceptors (Lipinski definition) is 3. The molecule has 1 fully saturated rings. The van der Waals surface area contributed by atoms with Gasteiger partial charge in [0.15, 0.2) is 0 Å². The van der Waals surface area contributed by atoms with Crippen molar-refractivity contribution in [3.63, 3.8) is 0 Å². The minimum absolute atomic E-state index is 0.0317. The average Bonchev–Trinajstić information content (AvgIpc) is 2.91. The number of phenolic OH excluding ortho intramolecular Hbond substituents is 1. The number of hydrogen-bond donors (Lipinski definition) is 1. The van der Waals surface area contributed by atoms with Crippen molar-refractivity contribution in [1.29, 1.82) is 0 Å². The van der Waals surface area contributed by atoms with E-state index in [9.17, 15) is 9.90 Å². The summed E-state index contributed by atoms with van der Waals surface area (Å²) in [7, 11) is 0. The topological polar surface area (TPSA) is 46.5 Å². The molecule has 0 saturated carbocycles. The first kappa shape index (κ1) is 11.2. The standard InChI is InChI=1S/C15H14O3/c16-9-10-3-5-12-11(8-10)4-6-13(17)15(12)14-2-1-7-18-14/h3-6,8-9,14,17H,1-2,7H2. The van der Waals surface area contributed by atoms with Crippen LogP contribution in [0, 0.1) is 0 Å². The van der Waals surface area contributed by atoms with Gasteiger partial charge in [-0.05, 0) is 35.7 Å². The van der Waals surface area contributed by atoms with Gasteiger partial charge in [-0.15, -0.1) is 0 Å². The summed E-state index contributed by atoms with van der Waals surface area (Å²) in [5.41, 5.74) is 1.49. The molecule has 1 N–H and O–H groups in total. The lowest BCUT2D eigenvalue weighted by atomic mass is 9.96. The van der Waals surface area contributed by atoms with E-state index in [2.05, 4.69) is 0 Å². The normalized spacial score (nSPS) is 19.2. The zero-order valence-corrected chi connectivity index (χ0v) is 9.93. The van der Waals surface area contributed by atoms with Crippen LogP contribution in [0.5, 0.6) is 5.75 Å². The number of fused-ring (bicyclic) bond motifs is 1. The summed E-state index contributed by atoms with van der Waals surface area (Å²) in [6, 6.07) is 8.99. The SMILES string of the molecule is O=Cc1ccc2c(C3CCCO3)c(O)ccc2c1. The second-order valence-electron chi connectivity index (χ2n) is 4.60. The van der Waals surface area contributed by atoms with Crippen LogP contribution in [0.3, 0.4) is 0 Å². The third kappa shape index (κ3) is 1.77. The van der Waals surface area contributed by atoms with E-state index in [1.807, 2.05) is 18.2 Å². The molecule has 3 heteroatoms. The van der Waals surface area contributed by atoms with Crippen LogP contribution in [-0.2, 0) is 4.74 Å². The molecule has 2 aromatic carbocycles. The number of phenols is 1. The van der Waals surface area contributed by atoms with Crippen LogP contribution in [0.2, 0.25) is 0 Å². The van der Waals surface area contributed by atoms with Crippen LogP contribution in [0.4, 0.5) is 0 Å². The Morgan fingerprint density at radius 1 is 1.28 bits per heavy atom. The molecule has 0 spiro atoms. The van der Waals surface area contributed by atoms with Gasteiger partial charge in [-0.2, -0.15) is 0 Å². The minimum atomic E-state index is -0.0317. The lowest BCUT2D eigenvalue weighted by molar-refractivity contribution is 0.111. The highest BCUT2D eigenvalue weighted by Crippen LogP contribution is 2.39. The summed E-state index contributed by atoms with van der Waals surface area (Å²) < 4.78 is 5.65. The first-order chi connectivity index (χ1) is 8.79. The molecule has 2 aromatic rings. The van der Waals surface area contributed by atoms with Gasteiger partial charge in [0, 0.05) is 17.7 Å². The number of aromatic hydroxyl groups is 1. The monoisotopic (exact) mass is 242 g/mol. The van der Waals surface area contributed by atoms with Crippen molar-refractivity contribution in [2.45, 2.75) is 18.9 Å². The molecule has 1 aliphatic rings. The average molecular weight is 242 g/mol. The molecule has 92 valence electrons. The zero-order valence-electron chi connectivity index (χ0n) is 9.93. The highest BCUT2D eigenvalue weighted by Gasteiger charge is 2.22. The van der Waals surface area contributed by atoms with Crippen LogP contribution in [-0.4, -0.2) is 18.0 Å². The molecule has 0 aromatic heterocycles. The second-order valence-corrected chi connectivity index (χ2v) is 4.60. The van der Waals surface area contributed by atoms with Gasteiger partial charge in [0.25, 0.3) is 0 Å². The fourth-order valence-corrected chi connectivity index (χ4v) is 2.58. The maximum Gasteiger partial charge on any atom is 0.150 e. The summed E-state index contributed by atoms with van der Waals surface area (Å²) in [5, 5.41) is 12.0. The largest absolute Gasteiger partial charge is 0.508 e. The maximum atomic E-state index is 10.8. The van der Waals surface area contributed by atoms with Crippen LogP contribution in [0.1, 0.15) is 34.9 Å². The Labute approximate surface area is 105 Å². The number of carbonyl (C=O) groups excluding carboxylic acids is 1. The van der Waals surface area contributed by atoms with E-state index in [4.69, 9.17) is 4.74 Å². The predicted octanol–water partition coefficient (Wildman–Crippen LogP) is 3.21. The van der Waals surface area contributed by atoms with E-state index < -0.39 is 0 Å². The molecule has 18 heavy (non-hydrogen) atoms.